The zero-order valence-corrected chi connectivity index (χ0v) is 17.8. The van der Waals surface area contributed by atoms with Crippen molar-refractivity contribution in [3.63, 3.8) is 0 Å². The molecule has 0 atom stereocenters. The summed E-state index contributed by atoms with van der Waals surface area (Å²) < 4.78 is 6.94. The number of halogens is 1. The molecule has 1 aliphatic rings. The summed E-state index contributed by atoms with van der Waals surface area (Å²) in [6.45, 7) is 4.15. The van der Waals surface area contributed by atoms with E-state index < -0.39 is 0 Å². The quantitative estimate of drug-likeness (QED) is 0.319. The number of amides is 1. The number of hydrogen-bond acceptors (Lipinski definition) is 4. The van der Waals surface area contributed by atoms with Crippen molar-refractivity contribution in [1.29, 1.82) is 0 Å². The van der Waals surface area contributed by atoms with E-state index in [1.165, 1.54) is 11.8 Å². The fourth-order valence-corrected chi connectivity index (χ4v) is 4.08. The smallest absolute Gasteiger partial charge is 0.267 e. The molecule has 2 aromatic carbocycles. The van der Waals surface area contributed by atoms with E-state index in [1.54, 1.807) is 17.1 Å². The molecule has 4 rings (SSSR count). The van der Waals surface area contributed by atoms with E-state index in [1.807, 2.05) is 66.7 Å². The van der Waals surface area contributed by atoms with Crippen molar-refractivity contribution in [2.24, 2.45) is 4.99 Å². The molecule has 6 heteroatoms. The monoisotopic (exact) mass is 464 g/mol. The number of benzene rings is 2. The molecule has 0 radical (unpaired) electrons. The van der Waals surface area contributed by atoms with Gasteiger partial charge in [0.05, 0.1) is 10.6 Å². The van der Waals surface area contributed by atoms with E-state index in [9.17, 15) is 4.79 Å². The van der Waals surface area contributed by atoms with Gasteiger partial charge in [-0.05, 0) is 48.2 Å². The molecule has 0 unspecified atom stereocenters. The van der Waals surface area contributed by atoms with Crippen molar-refractivity contribution in [3.05, 3.63) is 94.5 Å². The molecule has 1 aromatic heterocycles. The summed E-state index contributed by atoms with van der Waals surface area (Å²) in [5, 5.41) is 0.632. The Morgan fingerprint density at radius 3 is 2.55 bits per heavy atom. The SMILES string of the molecule is C=CCN1C(=O)/C(=C/c2ccc(-c3ccc(Br)cc3)o2)SC1=Nc1ccccc1. The number of para-hydroxylation sites is 1. The van der Waals surface area contributed by atoms with Crippen molar-refractivity contribution in [3.8, 4) is 11.3 Å². The van der Waals surface area contributed by atoms with Crippen LogP contribution in [-0.2, 0) is 4.79 Å². The van der Waals surface area contributed by atoms with Crippen LogP contribution in [-0.4, -0.2) is 22.5 Å². The van der Waals surface area contributed by atoms with Crippen LogP contribution >= 0.6 is 27.7 Å². The number of nitrogens with zero attached hydrogens (tertiary/aromatic N) is 2. The summed E-state index contributed by atoms with van der Waals surface area (Å²) in [6.07, 6.45) is 3.46. The normalized spacial score (nSPS) is 16.7. The first-order valence-electron chi connectivity index (χ1n) is 8.96. The first-order chi connectivity index (χ1) is 14.1. The Kier molecular flexibility index (Phi) is 5.83. The molecular formula is C23H17BrN2O2S. The van der Waals surface area contributed by atoms with Gasteiger partial charge >= 0.3 is 0 Å². The van der Waals surface area contributed by atoms with Crippen LogP contribution in [0.4, 0.5) is 5.69 Å². The molecule has 0 bridgehead atoms. The van der Waals surface area contributed by atoms with Crippen molar-refractivity contribution in [1.82, 2.24) is 4.90 Å². The van der Waals surface area contributed by atoms with Crippen LogP contribution in [0.1, 0.15) is 5.76 Å². The highest BCUT2D eigenvalue weighted by Gasteiger charge is 2.32. The van der Waals surface area contributed by atoms with Crippen LogP contribution < -0.4 is 0 Å². The second-order valence-corrected chi connectivity index (χ2v) is 8.18. The number of amidine groups is 1. The second-order valence-electron chi connectivity index (χ2n) is 6.25. The van der Waals surface area contributed by atoms with Crippen LogP contribution in [0, 0.1) is 0 Å². The highest BCUT2D eigenvalue weighted by molar-refractivity contribution is 9.10. The first kappa shape index (κ1) is 19.5. The maximum absolute atomic E-state index is 12.9. The van der Waals surface area contributed by atoms with Crippen LogP contribution in [0.5, 0.6) is 0 Å². The summed E-state index contributed by atoms with van der Waals surface area (Å²) in [5.74, 6) is 1.27. The molecule has 1 amide bonds. The van der Waals surface area contributed by atoms with Gasteiger partial charge in [-0.2, -0.15) is 0 Å². The third-order valence-electron chi connectivity index (χ3n) is 4.21. The average molecular weight is 465 g/mol. The second kappa shape index (κ2) is 8.68. The molecule has 4 nitrogen and oxygen atoms in total. The number of furan rings is 1. The highest BCUT2D eigenvalue weighted by atomic mass is 79.9. The zero-order valence-electron chi connectivity index (χ0n) is 15.4. The Morgan fingerprint density at radius 2 is 1.83 bits per heavy atom. The van der Waals surface area contributed by atoms with Gasteiger partial charge in [-0.15, -0.1) is 6.58 Å². The van der Waals surface area contributed by atoms with Gasteiger partial charge < -0.3 is 4.42 Å². The largest absolute Gasteiger partial charge is 0.457 e. The standard InChI is InChI=1S/C23H17BrN2O2S/c1-2-14-26-22(27)21(29-23(26)25-18-6-4-3-5-7-18)15-19-12-13-20(28-19)16-8-10-17(24)11-9-16/h2-13,15H,1,14H2/b21-15-,25-23?. The van der Waals surface area contributed by atoms with Gasteiger partial charge in [-0.3, -0.25) is 9.69 Å². The minimum absolute atomic E-state index is 0.105. The van der Waals surface area contributed by atoms with Crippen LogP contribution in [0.2, 0.25) is 0 Å². The van der Waals surface area contributed by atoms with Crippen molar-refractivity contribution in [2.75, 3.05) is 6.54 Å². The lowest BCUT2D eigenvalue weighted by Gasteiger charge is -2.12. The summed E-state index contributed by atoms with van der Waals surface area (Å²) >= 11 is 4.77. The van der Waals surface area contributed by atoms with E-state index in [0.717, 1.165) is 21.5 Å². The molecular weight excluding hydrogens is 448 g/mol. The molecule has 0 N–H and O–H groups in total. The lowest BCUT2D eigenvalue weighted by Crippen LogP contribution is -2.29. The summed E-state index contributed by atoms with van der Waals surface area (Å²) in [7, 11) is 0. The molecule has 3 aromatic rings. The molecule has 1 saturated heterocycles. The number of rotatable bonds is 5. The Morgan fingerprint density at radius 1 is 1.07 bits per heavy atom. The fourth-order valence-electron chi connectivity index (χ4n) is 2.82. The van der Waals surface area contributed by atoms with Gasteiger partial charge in [-0.25, -0.2) is 4.99 Å². The van der Waals surface area contributed by atoms with Crippen LogP contribution in [0.25, 0.3) is 17.4 Å². The van der Waals surface area contributed by atoms with E-state index in [4.69, 9.17) is 4.42 Å². The molecule has 0 saturated carbocycles. The summed E-state index contributed by atoms with van der Waals surface area (Å²) in [6, 6.07) is 21.2. The minimum atomic E-state index is -0.105. The predicted octanol–water partition coefficient (Wildman–Crippen LogP) is 6.50. The number of aliphatic imine (C=N–C) groups is 1. The molecule has 1 aliphatic heterocycles. The predicted molar refractivity (Wildman–Crippen MR) is 123 cm³/mol. The third kappa shape index (κ3) is 4.44. The summed E-state index contributed by atoms with van der Waals surface area (Å²) in [5.41, 5.74) is 1.77. The first-order valence-corrected chi connectivity index (χ1v) is 10.6. The topological polar surface area (TPSA) is 45.8 Å². The Balaban J connectivity index is 1.62. The Labute approximate surface area is 181 Å². The number of thioether (sulfide) groups is 1. The van der Waals surface area contributed by atoms with Crippen molar-refractivity contribution >= 4 is 50.5 Å². The van der Waals surface area contributed by atoms with Gasteiger partial charge in [0.15, 0.2) is 5.17 Å². The van der Waals surface area contributed by atoms with E-state index in [2.05, 4.69) is 27.5 Å². The van der Waals surface area contributed by atoms with E-state index in [0.29, 0.717) is 22.4 Å². The Bertz CT molecular complexity index is 1100. The van der Waals surface area contributed by atoms with Gasteiger partial charge in [0.25, 0.3) is 5.91 Å². The lowest BCUT2D eigenvalue weighted by molar-refractivity contribution is -0.121. The highest BCUT2D eigenvalue weighted by Crippen LogP contribution is 2.35. The number of carbonyl (C=O) groups is 1. The van der Waals surface area contributed by atoms with Gasteiger partial charge in [0, 0.05) is 22.7 Å². The van der Waals surface area contributed by atoms with E-state index in [-0.39, 0.29) is 5.91 Å². The van der Waals surface area contributed by atoms with Crippen LogP contribution in [0.3, 0.4) is 0 Å². The molecule has 144 valence electrons. The number of carbonyl (C=O) groups excluding carboxylic acids is 1. The molecule has 0 spiro atoms. The zero-order chi connectivity index (χ0) is 20.2. The van der Waals surface area contributed by atoms with Gasteiger partial charge in [0.1, 0.15) is 11.5 Å². The Hall–Kier alpha value is -2.83. The average Bonchev–Trinajstić information content (AvgIpc) is 3.30. The van der Waals surface area contributed by atoms with Gasteiger partial charge in [-0.1, -0.05) is 52.3 Å². The van der Waals surface area contributed by atoms with Gasteiger partial charge in [0.2, 0.25) is 0 Å². The maximum Gasteiger partial charge on any atom is 0.267 e. The third-order valence-corrected chi connectivity index (χ3v) is 5.74. The molecule has 29 heavy (non-hydrogen) atoms. The van der Waals surface area contributed by atoms with Crippen LogP contribution in [0.15, 0.2) is 98.2 Å². The van der Waals surface area contributed by atoms with E-state index >= 15 is 0 Å². The molecule has 1 fully saturated rings. The lowest BCUT2D eigenvalue weighted by atomic mass is 10.2. The number of hydrogen-bond donors (Lipinski definition) is 0. The van der Waals surface area contributed by atoms with Crippen molar-refractivity contribution in [2.45, 2.75) is 0 Å². The minimum Gasteiger partial charge on any atom is -0.457 e. The molecule has 0 aliphatic carbocycles. The molecule has 2 heterocycles. The van der Waals surface area contributed by atoms with Crippen molar-refractivity contribution < 1.29 is 9.21 Å². The maximum atomic E-state index is 12.9. The fraction of sp³-hybridized carbons (Fsp3) is 0.0435. The summed E-state index contributed by atoms with van der Waals surface area (Å²) in [4.78, 5) is 19.7.